The molecule has 0 aromatic heterocycles. The number of amidine groups is 1. The minimum atomic E-state index is -0.130. The molecule has 0 aliphatic rings. The number of rotatable bonds is 4. The van der Waals surface area contributed by atoms with Crippen molar-refractivity contribution >= 4 is 28.5 Å². The number of aryl methyl sites for hydroxylation is 2. The zero-order valence-corrected chi connectivity index (χ0v) is 10.9. The van der Waals surface area contributed by atoms with Gasteiger partial charge in [0.15, 0.2) is 5.17 Å². The smallest absolute Gasteiger partial charge is 0.234 e. The monoisotopic (exact) mass is 251 g/mol. The maximum Gasteiger partial charge on any atom is 0.234 e. The van der Waals surface area contributed by atoms with Crippen LogP contribution < -0.4 is 11.1 Å². The molecule has 0 atom stereocenters. The molecule has 0 aliphatic carbocycles. The molecule has 5 heteroatoms. The second-order valence-corrected chi connectivity index (χ2v) is 4.68. The highest BCUT2D eigenvalue weighted by molar-refractivity contribution is 8.14. The van der Waals surface area contributed by atoms with Gasteiger partial charge in [-0.15, -0.1) is 0 Å². The molecule has 0 fully saturated rings. The van der Waals surface area contributed by atoms with Gasteiger partial charge in [0.2, 0.25) is 5.91 Å². The number of hydrogen-bond donors (Lipinski definition) is 3. The fourth-order valence-electron chi connectivity index (χ4n) is 1.52. The number of thioether (sulfide) groups is 1. The van der Waals surface area contributed by atoms with Crippen LogP contribution in [0.3, 0.4) is 0 Å². The van der Waals surface area contributed by atoms with Crippen molar-refractivity contribution in [3.05, 3.63) is 29.3 Å². The van der Waals surface area contributed by atoms with Crippen molar-refractivity contribution in [3.8, 4) is 0 Å². The van der Waals surface area contributed by atoms with Gasteiger partial charge in [-0.05, 0) is 24.5 Å². The molecule has 0 saturated carbocycles. The molecule has 0 saturated heterocycles. The molecule has 0 radical (unpaired) electrons. The van der Waals surface area contributed by atoms with E-state index in [4.69, 9.17) is 11.1 Å². The molecule has 92 valence electrons. The Kier molecular flexibility index (Phi) is 5.03. The maximum atomic E-state index is 11.7. The molecule has 1 aromatic carbocycles. The standard InChI is InChI=1S/C12H17N3OS/c1-3-9-6-4-5-8(2)11(9)15-10(16)7-17-12(13)14/h4-6H,3,7H2,1-2H3,(H3,13,14)(H,15,16). The van der Waals surface area contributed by atoms with E-state index in [9.17, 15) is 4.79 Å². The van der Waals surface area contributed by atoms with Crippen molar-refractivity contribution in [1.82, 2.24) is 0 Å². The van der Waals surface area contributed by atoms with Crippen molar-refractivity contribution < 1.29 is 4.79 Å². The van der Waals surface area contributed by atoms with Gasteiger partial charge in [0, 0.05) is 5.69 Å². The first-order valence-electron chi connectivity index (χ1n) is 5.39. The SMILES string of the molecule is CCc1cccc(C)c1NC(=O)CSC(=N)N. The second-order valence-electron chi connectivity index (χ2n) is 3.66. The number of benzene rings is 1. The van der Waals surface area contributed by atoms with Gasteiger partial charge in [-0.1, -0.05) is 36.9 Å². The average molecular weight is 251 g/mol. The number of nitrogens with one attached hydrogen (secondary N) is 2. The minimum absolute atomic E-state index is 0.0411. The Bertz CT molecular complexity index is 432. The van der Waals surface area contributed by atoms with Crippen LogP contribution in [0.25, 0.3) is 0 Å². The number of carbonyl (C=O) groups excluding carboxylic acids is 1. The first-order valence-corrected chi connectivity index (χ1v) is 6.38. The summed E-state index contributed by atoms with van der Waals surface area (Å²) < 4.78 is 0. The van der Waals surface area contributed by atoms with E-state index < -0.39 is 0 Å². The van der Waals surface area contributed by atoms with Crippen LogP contribution in [0.4, 0.5) is 5.69 Å². The van der Waals surface area contributed by atoms with E-state index in [2.05, 4.69) is 12.2 Å². The number of nitrogens with two attached hydrogens (primary N) is 1. The molecular formula is C12H17N3OS. The van der Waals surface area contributed by atoms with Gasteiger partial charge >= 0.3 is 0 Å². The lowest BCUT2D eigenvalue weighted by atomic mass is 10.1. The molecule has 0 spiro atoms. The van der Waals surface area contributed by atoms with Crippen molar-refractivity contribution in [1.29, 1.82) is 5.41 Å². The zero-order chi connectivity index (χ0) is 12.8. The van der Waals surface area contributed by atoms with E-state index in [0.717, 1.165) is 35.0 Å². The van der Waals surface area contributed by atoms with E-state index in [-0.39, 0.29) is 16.8 Å². The quantitative estimate of drug-likeness (QED) is 0.566. The van der Waals surface area contributed by atoms with Gasteiger partial charge in [0.1, 0.15) is 0 Å². The maximum absolute atomic E-state index is 11.7. The fourth-order valence-corrected chi connectivity index (χ4v) is 1.88. The molecule has 1 rings (SSSR count). The summed E-state index contributed by atoms with van der Waals surface area (Å²) in [5.41, 5.74) is 8.23. The first kappa shape index (κ1) is 13.6. The summed E-state index contributed by atoms with van der Waals surface area (Å²) in [7, 11) is 0. The van der Waals surface area contributed by atoms with Gasteiger partial charge in [-0.2, -0.15) is 0 Å². The zero-order valence-electron chi connectivity index (χ0n) is 10.0. The number of amides is 1. The lowest BCUT2D eigenvalue weighted by molar-refractivity contribution is -0.113. The Morgan fingerprint density at radius 3 is 2.82 bits per heavy atom. The lowest BCUT2D eigenvalue weighted by Gasteiger charge is -2.12. The lowest BCUT2D eigenvalue weighted by Crippen LogP contribution is -2.18. The molecule has 4 nitrogen and oxygen atoms in total. The number of hydrogen-bond acceptors (Lipinski definition) is 3. The Hall–Kier alpha value is -1.49. The highest BCUT2D eigenvalue weighted by atomic mass is 32.2. The van der Waals surface area contributed by atoms with Crippen LogP contribution in [0, 0.1) is 12.3 Å². The van der Waals surface area contributed by atoms with Gasteiger partial charge in [0.05, 0.1) is 5.75 Å². The highest BCUT2D eigenvalue weighted by Crippen LogP contribution is 2.21. The van der Waals surface area contributed by atoms with Crippen molar-refractivity contribution in [2.45, 2.75) is 20.3 Å². The third kappa shape index (κ3) is 4.11. The van der Waals surface area contributed by atoms with E-state index in [1.54, 1.807) is 0 Å². The Morgan fingerprint density at radius 1 is 1.53 bits per heavy atom. The van der Waals surface area contributed by atoms with Crippen molar-refractivity contribution in [2.75, 3.05) is 11.1 Å². The predicted octanol–water partition coefficient (Wildman–Crippen LogP) is 2.12. The predicted molar refractivity (Wildman–Crippen MR) is 73.6 cm³/mol. The summed E-state index contributed by atoms with van der Waals surface area (Å²) in [5.74, 6) is 0.0431. The van der Waals surface area contributed by atoms with E-state index in [1.165, 1.54) is 0 Å². The van der Waals surface area contributed by atoms with Crippen LogP contribution in [-0.2, 0) is 11.2 Å². The van der Waals surface area contributed by atoms with Crippen LogP contribution in [-0.4, -0.2) is 16.8 Å². The van der Waals surface area contributed by atoms with E-state index >= 15 is 0 Å². The molecule has 0 unspecified atom stereocenters. The largest absolute Gasteiger partial charge is 0.379 e. The third-order valence-corrected chi connectivity index (χ3v) is 3.08. The number of anilines is 1. The van der Waals surface area contributed by atoms with Crippen LogP contribution in [0.15, 0.2) is 18.2 Å². The van der Waals surface area contributed by atoms with E-state index in [0.29, 0.717) is 0 Å². The van der Waals surface area contributed by atoms with Gasteiger partial charge in [-0.25, -0.2) is 0 Å². The molecule has 0 aliphatic heterocycles. The molecule has 0 heterocycles. The summed E-state index contributed by atoms with van der Waals surface area (Å²) in [6, 6.07) is 5.95. The van der Waals surface area contributed by atoms with Crippen molar-refractivity contribution in [3.63, 3.8) is 0 Å². The molecule has 1 amide bonds. The Balaban J connectivity index is 2.73. The third-order valence-electron chi connectivity index (χ3n) is 2.36. The van der Waals surface area contributed by atoms with Gasteiger partial charge in [0.25, 0.3) is 0 Å². The Labute approximate surface area is 105 Å². The van der Waals surface area contributed by atoms with Crippen molar-refractivity contribution in [2.24, 2.45) is 5.73 Å². The molecular weight excluding hydrogens is 234 g/mol. The minimum Gasteiger partial charge on any atom is -0.379 e. The number of carbonyl (C=O) groups is 1. The van der Waals surface area contributed by atoms with Crippen LogP contribution in [0.1, 0.15) is 18.1 Å². The average Bonchev–Trinajstić information content (AvgIpc) is 2.29. The summed E-state index contributed by atoms with van der Waals surface area (Å²) in [4.78, 5) is 11.7. The Morgan fingerprint density at radius 2 is 2.24 bits per heavy atom. The summed E-state index contributed by atoms with van der Waals surface area (Å²) >= 11 is 1.03. The van der Waals surface area contributed by atoms with E-state index in [1.807, 2.05) is 25.1 Å². The molecule has 0 bridgehead atoms. The molecule has 4 N–H and O–H groups in total. The second kappa shape index (κ2) is 6.30. The normalized spacial score (nSPS) is 10.0. The number of para-hydroxylation sites is 1. The highest BCUT2D eigenvalue weighted by Gasteiger charge is 2.08. The first-order chi connectivity index (χ1) is 8.04. The topological polar surface area (TPSA) is 79.0 Å². The van der Waals surface area contributed by atoms with Gasteiger partial charge < -0.3 is 11.1 Å². The van der Waals surface area contributed by atoms with Gasteiger partial charge in [-0.3, -0.25) is 10.2 Å². The van der Waals surface area contributed by atoms with Crippen LogP contribution >= 0.6 is 11.8 Å². The van der Waals surface area contributed by atoms with Crippen LogP contribution in [0.2, 0.25) is 0 Å². The molecule has 17 heavy (non-hydrogen) atoms. The molecule has 1 aromatic rings. The summed E-state index contributed by atoms with van der Waals surface area (Å²) in [6.45, 7) is 4.02. The van der Waals surface area contributed by atoms with Crippen LogP contribution in [0.5, 0.6) is 0 Å². The summed E-state index contributed by atoms with van der Waals surface area (Å²) in [5, 5.41) is 9.88. The fraction of sp³-hybridized carbons (Fsp3) is 0.333. The summed E-state index contributed by atoms with van der Waals surface area (Å²) in [6.07, 6.45) is 0.872.